The maximum Gasteiger partial charge on any atom is 0.0434 e. The predicted octanol–water partition coefficient (Wildman–Crippen LogP) is 6.71. The second kappa shape index (κ2) is 11.8. The Morgan fingerprint density at radius 1 is 0.853 bits per heavy atom. The van der Waals surface area contributed by atoms with Crippen LogP contribution in [0.25, 0.3) is 11.1 Å². The molecule has 3 nitrogen and oxygen atoms in total. The maximum absolute atomic E-state index is 9.62. The van der Waals surface area contributed by atoms with Crippen LogP contribution in [0.1, 0.15) is 42.4 Å². The molecular weight excluding hydrogens is 484 g/mol. The number of aliphatic hydroxyl groups is 1. The van der Waals surface area contributed by atoms with Crippen molar-refractivity contribution in [1.29, 1.82) is 0 Å². The van der Waals surface area contributed by atoms with Gasteiger partial charge >= 0.3 is 0 Å². The fourth-order valence-electron chi connectivity index (χ4n) is 4.92. The lowest BCUT2D eigenvalue weighted by molar-refractivity contribution is 0.249. The summed E-state index contributed by atoms with van der Waals surface area (Å²) < 4.78 is 1.07. The summed E-state index contributed by atoms with van der Waals surface area (Å²) in [5.74, 6) is 0. The quantitative estimate of drug-likeness (QED) is 0.335. The Morgan fingerprint density at radius 2 is 1.44 bits per heavy atom. The van der Waals surface area contributed by atoms with Gasteiger partial charge in [0.05, 0.1) is 0 Å². The Morgan fingerprint density at radius 3 is 2.00 bits per heavy atom. The van der Waals surface area contributed by atoms with Crippen molar-refractivity contribution < 1.29 is 5.11 Å². The molecule has 1 fully saturated rings. The first-order valence-electron chi connectivity index (χ1n) is 12.2. The summed E-state index contributed by atoms with van der Waals surface area (Å²) in [5.41, 5.74) is 7.43. The molecule has 0 radical (unpaired) electrons. The van der Waals surface area contributed by atoms with Crippen LogP contribution in [-0.4, -0.2) is 49.8 Å². The third kappa shape index (κ3) is 5.99. The van der Waals surface area contributed by atoms with Gasteiger partial charge in [0.25, 0.3) is 0 Å². The zero-order valence-corrected chi connectivity index (χ0v) is 21.8. The molecule has 1 N–H and O–H groups in total. The van der Waals surface area contributed by atoms with Crippen molar-refractivity contribution in [3.8, 4) is 0 Å². The first-order valence-corrected chi connectivity index (χ1v) is 13.0. The number of halogens is 1. The highest BCUT2D eigenvalue weighted by molar-refractivity contribution is 9.10. The van der Waals surface area contributed by atoms with Crippen LogP contribution in [0.2, 0.25) is 0 Å². The smallest absolute Gasteiger partial charge is 0.0434 e. The average Bonchev–Trinajstić information content (AvgIpc) is 2.88. The molecule has 3 aromatic rings. The molecule has 178 valence electrons. The molecule has 1 aliphatic rings. The standard InChI is InChI=1S/C30H35BrN2O/c1-32(2)27-18-20-33(21-19-27)28-16-12-25(13-17-28)30(24-10-14-26(31)15-11-24)29(9-6-22-34)23-7-4-3-5-8-23/h3-5,7-8,10-17,27,34H,6,9,18-22H2,1-2H3/b30-29-. The van der Waals surface area contributed by atoms with E-state index in [1.807, 2.05) is 0 Å². The second-order valence-electron chi connectivity index (χ2n) is 9.28. The van der Waals surface area contributed by atoms with E-state index in [9.17, 15) is 5.11 Å². The van der Waals surface area contributed by atoms with Gasteiger partial charge in [-0.25, -0.2) is 0 Å². The number of rotatable bonds is 8. The summed E-state index contributed by atoms with van der Waals surface area (Å²) in [7, 11) is 4.37. The molecule has 1 aliphatic heterocycles. The Kier molecular flexibility index (Phi) is 8.60. The minimum atomic E-state index is 0.186. The molecule has 0 atom stereocenters. The molecule has 4 heteroatoms. The Hall–Kier alpha value is -2.40. The molecule has 0 saturated carbocycles. The number of benzene rings is 3. The van der Waals surface area contributed by atoms with Gasteiger partial charge in [0.1, 0.15) is 0 Å². The van der Waals surface area contributed by atoms with Crippen LogP contribution < -0.4 is 4.90 Å². The number of hydrogen-bond acceptors (Lipinski definition) is 3. The fraction of sp³-hybridized carbons (Fsp3) is 0.333. The Balaban J connectivity index is 1.72. The van der Waals surface area contributed by atoms with Crippen LogP contribution in [0.3, 0.4) is 0 Å². The summed E-state index contributed by atoms with van der Waals surface area (Å²) >= 11 is 3.58. The molecule has 0 amide bonds. The first kappa shape index (κ1) is 24.7. The molecule has 0 aliphatic carbocycles. The van der Waals surface area contributed by atoms with Crippen LogP contribution >= 0.6 is 15.9 Å². The number of anilines is 1. The monoisotopic (exact) mass is 518 g/mol. The summed E-state index contributed by atoms with van der Waals surface area (Å²) in [6.07, 6.45) is 3.98. The van der Waals surface area contributed by atoms with Gasteiger partial charge in [-0.2, -0.15) is 0 Å². The third-order valence-corrected chi connectivity index (χ3v) is 7.39. The van der Waals surface area contributed by atoms with Crippen molar-refractivity contribution in [2.24, 2.45) is 0 Å². The minimum Gasteiger partial charge on any atom is -0.396 e. The van der Waals surface area contributed by atoms with Crippen molar-refractivity contribution in [3.05, 3.63) is 100 Å². The van der Waals surface area contributed by atoms with Crippen molar-refractivity contribution in [2.75, 3.05) is 38.7 Å². The van der Waals surface area contributed by atoms with Gasteiger partial charge in [0, 0.05) is 35.9 Å². The number of hydrogen-bond donors (Lipinski definition) is 1. The zero-order valence-electron chi connectivity index (χ0n) is 20.3. The first-order chi connectivity index (χ1) is 16.6. The van der Waals surface area contributed by atoms with Crippen LogP contribution in [-0.2, 0) is 0 Å². The highest BCUT2D eigenvalue weighted by Crippen LogP contribution is 2.36. The molecule has 0 aromatic heterocycles. The number of allylic oxidation sites excluding steroid dienone is 1. The molecule has 3 aromatic carbocycles. The summed E-state index contributed by atoms with van der Waals surface area (Å²) in [5, 5.41) is 9.62. The van der Waals surface area contributed by atoms with E-state index in [4.69, 9.17) is 0 Å². The second-order valence-corrected chi connectivity index (χ2v) is 10.2. The van der Waals surface area contributed by atoms with Crippen molar-refractivity contribution in [2.45, 2.75) is 31.7 Å². The van der Waals surface area contributed by atoms with Gasteiger partial charge in [-0.05, 0) is 91.9 Å². The van der Waals surface area contributed by atoms with Crippen LogP contribution in [0, 0.1) is 0 Å². The third-order valence-electron chi connectivity index (χ3n) is 6.86. The summed E-state index contributed by atoms with van der Waals surface area (Å²) in [4.78, 5) is 4.86. The minimum absolute atomic E-state index is 0.186. The van der Waals surface area contributed by atoms with Gasteiger partial charge in [-0.1, -0.05) is 70.5 Å². The lowest BCUT2D eigenvalue weighted by atomic mass is 9.87. The number of aliphatic hydroxyl groups excluding tert-OH is 1. The average molecular weight is 520 g/mol. The summed E-state index contributed by atoms with van der Waals surface area (Å²) in [6.45, 7) is 2.39. The predicted molar refractivity (Wildman–Crippen MR) is 148 cm³/mol. The highest BCUT2D eigenvalue weighted by atomic mass is 79.9. The van der Waals surface area contributed by atoms with E-state index in [0.29, 0.717) is 6.04 Å². The van der Waals surface area contributed by atoms with Crippen molar-refractivity contribution in [1.82, 2.24) is 4.90 Å². The molecule has 1 heterocycles. The van der Waals surface area contributed by atoms with E-state index in [2.05, 4.69) is 119 Å². The van der Waals surface area contributed by atoms with E-state index >= 15 is 0 Å². The van der Waals surface area contributed by atoms with Crippen molar-refractivity contribution in [3.63, 3.8) is 0 Å². The number of piperidine rings is 1. The van der Waals surface area contributed by atoms with Gasteiger partial charge in [-0.3, -0.25) is 0 Å². The van der Waals surface area contributed by atoms with E-state index in [0.717, 1.165) is 30.4 Å². The van der Waals surface area contributed by atoms with E-state index in [-0.39, 0.29) is 6.61 Å². The van der Waals surface area contributed by atoms with Gasteiger partial charge in [-0.15, -0.1) is 0 Å². The van der Waals surface area contributed by atoms with Crippen LogP contribution in [0.4, 0.5) is 5.69 Å². The normalized spacial score (nSPS) is 15.5. The molecule has 0 bridgehead atoms. The molecule has 34 heavy (non-hydrogen) atoms. The van der Waals surface area contributed by atoms with Crippen LogP contribution in [0.15, 0.2) is 83.3 Å². The van der Waals surface area contributed by atoms with Crippen LogP contribution in [0.5, 0.6) is 0 Å². The van der Waals surface area contributed by atoms with E-state index in [1.165, 1.54) is 46.4 Å². The largest absolute Gasteiger partial charge is 0.396 e. The molecule has 1 saturated heterocycles. The van der Waals surface area contributed by atoms with Gasteiger partial charge < -0.3 is 14.9 Å². The topological polar surface area (TPSA) is 26.7 Å². The lowest BCUT2D eigenvalue weighted by Gasteiger charge is -2.36. The fourth-order valence-corrected chi connectivity index (χ4v) is 5.18. The molecule has 0 spiro atoms. The summed E-state index contributed by atoms with van der Waals surface area (Å²) in [6, 6.07) is 28.9. The Bertz CT molecular complexity index is 1070. The van der Waals surface area contributed by atoms with Gasteiger partial charge in [0.2, 0.25) is 0 Å². The lowest BCUT2D eigenvalue weighted by Crippen LogP contribution is -2.41. The van der Waals surface area contributed by atoms with E-state index < -0.39 is 0 Å². The van der Waals surface area contributed by atoms with E-state index in [1.54, 1.807) is 0 Å². The van der Waals surface area contributed by atoms with Gasteiger partial charge in [0.15, 0.2) is 0 Å². The number of nitrogens with zero attached hydrogens (tertiary/aromatic N) is 2. The van der Waals surface area contributed by atoms with Crippen molar-refractivity contribution >= 4 is 32.8 Å². The maximum atomic E-state index is 9.62. The zero-order chi connectivity index (χ0) is 23.9. The Labute approximate surface area is 212 Å². The molecule has 0 unspecified atom stereocenters. The molecular formula is C30H35BrN2O. The highest BCUT2D eigenvalue weighted by Gasteiger charge is 2.21. The molecule has 4 rings (SSSR count). The SMILES string of the molecule is CN(C)C1CCN(c2ccc(/C(=C(/CCCO)c3ccccc3)c3ccc(Br)cc3)cc2)CC1.